The Kier molecular flexibility index (Phi) is 3.14. The fraction of sp³-hybridized carbons (Fsp3) is 0.600. The van der Waals surface area contributed by atoms with Gasteiger partial charge in [0.2, 0.25) is 0 Å². The summed E-state index contributed by atoms with van der Waals surface area (Å²) in [4.78, 5) is 0. The largest absolute Gasteiger partial charge is 0.486 e. The molecule has 19 heavy (non-hydrogen) atoms. The number of fused-ring (bicyclic) bond motifs is 1. The molecule has 0 amide bonds. The van der Waals surface area contributed by atoms with E-state index in [1.807, 2.05) is 6.07 Å². The summed E-state index contributed by atoms with van der Waals surface area (Å²) in [5.41, 5.74) is 8.43. The van der Waals surface area contributed by atoms with Crippen molar-refractivity contribution in [3.05, 3.63) is 22.2 Å². The second kappa shape index (κ2) is 4.57. The summed E-state index contributed by atoms with van der Waals surface area (Å²) < 4.78 is 11.5. The Morgan fingerprint density at radius 2 is 1.95 bits per heavy atom. The molecule has 0 aromatic heterocycles. The maximum Gasteiger partial charge on any atom is 0.165 e. The molecule has 1 aromatic rings. The van der Waals surface area contributed by atoms with Crippen LogP contribution >= 0.6 is 11.6 Å². The number of ether oxygens (including phenoxy) is 2. The summed E-state index contributed by atoms with van der Waals surface area (Å²) in [6, 6.07) is 1.87. The van der Waals surface area contributed by atoms with Crippen LogP contribution in [0.25, 0.3) is 0 Å². The second-order valence-corrected chi connectivity index (χ2v) is 6.24. The highest BCUT2D eigenvalue weighted by atomic mass is 35.5. The Morgan fingerprint density at radius 3 is 2.53 bits per heavy atom. The third-order valence-corrected chi connectivity index (χ3v) is 4.44. The van der Waals surface area contributed by atoms with Gasteiger partial charge in [-0.15, -0.1) is 0 Å². The first-order valence-corrected chi connectivity index (χ1v) is 7.32. The van der Waals surface area contributed by atoms with E-state index in [0.29, 0.717) is 19.1 Å². The molecule has 1 aliphatic heterocycles. The van der Waals surface area contributed by atoms with E-state index in [9.17, 15) is 0 Å². The van der Waals surface area contributed by atoms with Gasteiger partial charge in [0.1, 0.15) is 13.2 Å². The van der Waals surface area contributed by atoms with E-state index >= 15 is 0 Å². The van der Waals surface area contributed by atoms with Crippen molar-refractivity contribution in [1.82, 2.24) is 0 Å². The van der Waals surface area contributed by atoms with Gasteiger partial charge in [-0.05, 0) is 30.7 Å². The van der Waals surface area contributed by atoms with Gasteiger partial charge < -0.3 is 15.2 Å². The Morgan fingerprint density at radius 1 is 1.26 bits per heavy atom. The van der Waals surface area contributed by atoms with E-state index in [-0.39, 0.29) is 5.54 Å². The molecule has 0 saturated heterocycles. The van der Waals surface area contributed by atoms with Crippen LogP contribution in [0.3, 0.4) is 0 Å². The molecule has 0 spiro atoms. The fourth-order valence-corrected chi connectivity index (χ4v) is 3.43. The van der Waals surface area contributed by atoms with E-state index in [2.05, 4.69) is 13.8 Å². The fourth-order valence-electron chi connectivity index (χ4n) is 3.04. The molecule has 2 aliphatic rings. The summed E-state index contributed by atoms with van der Waals surface area (Å²) in [7, 11) is 0. The third-order valence-electron chi connectivity index (χ3n) is 4.14. The van der Waals surface area contributed by atoms with E-state index in [0.717, 1.165) is 40.5 Å². The average Bonchev–Trinajstić information content (AvgIpc) is 2.34. The smallest absolute Gasteiger partial charge is 0.165 e. The van der Waals surface area contributed by atoms with Crippen LogP contribution in [-0.4, -0.2) is 13.2 Å². The zero-order chi connectivity index (χ0) is 13.6. The van der Waals surface area contributed by atoms with Gasteiger partial charge in [0.15, 0.2) is 11.5 Å². The summed E-state index contributed by atoms with van der Waals surface area (Å²) in [5.74, 6) is 1.91. The van der Waals surface area contributed by atoms with Crippen molar-refractivity contribution in [3.63, 3.8) is 0 Å². The molecular formula is C15H20ClNO2. The zero-order valence-corrected chi connectivity index (χ0v) is 12.2. The van der Waals surface area contributed by atoms with Crippen molar-refractivity contribution in [2.24, 2.45) is 5.73 Å². The van der Waals surface area contributed by atoms with Crippen molar-refractivity contribution in [1.29, 1.82) is 0 Å². The van der Waals surface area contributed by atoms with Crippen LogP contribution in [0, 0.1) is 0 Å². The van der Waals surface area contributed by atoms with Crippen LogP contribution < -0.4 is 15.2 Å². The molecule has 3 nitrogen and oxygen atoms in total. The van der Waals surface area contributed by atoms with Gasteiger partial charge in [-0.25, -0.2) is 0 Å². The first-order chi connectivity index (χ1) is 9.03. The van der Waals surface area contributed by atoms with Gasteiger partial charge in [-0.3, -0.25) is 0 Å². The molecule has 3 rings (SSSR count). The van der Waals surface area contributed by atoms with Crippen LogP contribution in [0.1, 0.15) is 50.2 Å². The molecule has 1 aliphatic carbocycles. The summed E-state index contributed by atoms with van der Waals surface area (Å²) in [6.07, 6.45) is 3.15. The van der Waals surface area contributed by atoms with Gasteiger partial charge in [0.25, 0.3) is 0 Å². The molecule has 0 atom stereocenters. The first kappa shape index (κ1) is 13.1. The molecular weight excluding hydrogens is 262 g/mol. The monoisotopic (exact) mass is 281 g/mol. The molecule has 0 unspecified atom stereocenters. The van der Waals surface area contributed by atoms with Crippen LogP contribution in [0.2, 0.25) is 5.02 Å². The molecule has 1 heterocycles. The van der Waals surface area contributed by atoms with Crippen LogP contribution in [0.5, 0.6) is 11.5 Å². The van der Waals surface area contributed by atoms with E-state index in [1.165, 1.54) is 6.42 Å². The molecule has 1 aromatic carbocycles. The maximum absolute atomic E-state index is 6.52. The van der Waals surface area contributed by atoms with Crippen LogP contribution in [-0.2, 0) is 5.54 Å². The van der Waals surface area contributed by atoms with Crippen molar-refractivity contribution in [3.8, 4) is 11.5 Å². The van der Waals surface area contributed by atoms with Gasteiger partial charge >= 0.3 is 0 Å². The van der Waals surface area contributed by atoms with Crippen molar-refractivity contribution >= 4 is 11.6 Å². The molecule has 1 saturated carbocycles. The van der Waals surface area contributed by atoms with Crippen molar-refractivity contribution in [2.45, 2.75) is 44.6 Å². The van der Waals surface area contributed by atoms with Gasteiger partial charge in [-0.2, -0.15) is 0 Å². The second-order valence-electron chi connectivity index (χ2n) is 5.84. The third kappa shape index (κ3) is 2.00. The molecule has 1 fully saturated rings. The van der Waals surface area contributed by atoms with Gasteiger partial charge in [-0.1, -0.05) is 25.4 Å². The molecule has 0 bridgehead atoms. The van der Waals surface area contributed by atoms with Crippen molar-refractivity contribution < 1.29 is 9.47 Å². The highest BCUT2D eigenvalue weighted by Crippen LogP contribution is 2.51. The molecule has 104 valence electrons. The summed E-state index contributed by atoms with van der Waals surface area (Å²) in [5, 5.41) is 0.718. The quantitative estimate of drug-likeness (QED) is 0.901. The predicted molar refractivity (Wildman–Crippen MR) is 76.2 cm³/mol. The first-order valence-electron chi connectivity index (χ1n) is 6.94. The Hall–Kier alpha value is -0.930. The Balaban J connectivity index is 2.22. The number of nitrogens with two attached hydrogens (primary N) is 1. The number of benzene rings is 1. The lowest BCUT2D eigenvalue weighted by atomic mass is 9.70. The average molecular weight is 282 g/mol. The standard InChI is InChI=1S/C15H20ClNO2/c1-9(2)12-13(15(17)4-3-5-15)10(16)8-11-14(12)19-7-6-18-11/h8-9H,3-7,17H2,1-2H3. The van der Waals surface area contributed by atoms with Crippen molar-refractivity contribution in [2.75, 3.05) is 13.2 Å². The maximum atomic E-state index is 6.52. The Labute approximate surface area is 119 Å². The SMILES string of the molecule is CC(C)c1c2c(cc(Cl)c1C1(N)CCC1)OCCO2. The normalized spacial score (nSPS) is 20.3. The zero-order valence-electron chi connectivity index (χ0n) is 11.5. The lowest BCUT2D eigenvalue weighted by Crippen LogP contribution is -2.44. The molecule has 4 heteroatoms. The number of rotatable bonds is 2. The molecule has 2 N–H and O–H groups in total. The van der Waals surface area contributed by atoms with E-state index in [1.54, 1.807) is 0 Å². The van der Waals surface area contributed by atoms with Gasteiger partial charge in [0.05, 0.1) is 0 Å². The minimum Gasteiger partial charge on any atom is -0.486 e. The summed E-state index contributed by atoms with van der Waals surface area (Å²) in [6.45, 7) is 5.46. The summed E-state index contributed by atoms with van der Waals surface area (Å²) >= 11 is 6.49. The van der Waals surface area contributed by atoms with Gasteiger partial charge in [0, 0.05) is 22.2 Å². The predicted octanol–water partition coefficient (Wildman–Crippen LogP) is 3.57. The van der Waals surface area contributed by atoms with E-state index in [4.69, 9.17) is 26.8 Å². The highest BCUT2D eigenvalue weighted by Gasteiger charge is 2.40. The number of halogens is 1. The van der Waals surface area contributed by atoms with Crippen LogP contribution in [0.15, 0.2) is 6.07 Å². The lowest BCUT2D eigenvalue weighted by molar-refractivity contribution is 0.167. The number of hydrogen-bond acceptors (Lipinski definition) is 3. The minimum absolute atomic E-state index is 0.285. The van der Waals surface area contributed by atoms with E-state index < -0.39 is 0 Å². The highest BCUT2D eigenvalue weighted by molar-refractivity contribution is 6.32. The lowest BCUT2D eigenvalue weighted by Gasteiger charge is -2.42. The number of hydrogen-bond donors (Lipinski definition) is 1. The Bertz CT molecular complexity index is 509. The topological polar surface area (TPSA) is 44.5 Å². The molecule has 0 radical (unpaired) electrons. The minimum atomic E-state index is -0.285. The van der Waals surface area contributed by atoms with Crippen LogP contribution in [0.4, 0.5) is 0 Å².